The molecule has 1 heterocycles. The van der Waals surface area contributed by atoms with Crippen molar-refractivity contribution in [3.05, 3.63) is 68.7 Å². The van der Waals surface area contributed by atoms with Gasteiger partial charge >= 0.3 is 0 Å². The highest BCUT2D eigenvalue weighted by Gasteiger charge is 2.29. The molecule has 0 radical (unpaired) electrons. The lowest BCUT2D eigenvalue weighted by atomic mass is 9.89. The number of rotatable bonds is 4. The Morgan fingerprint density at radius 2 is 1.82 bits per heavy atom. The molecule has 0 saturated carbocycles. The molecule has 0 fully saturated rings. The molecule has 0 aromatic heterocycles. The highest BCUT2D eigenvalue weighted by Crippen LogP contribution is 2.33. The summed E-state index contributed by atoms with van der Waals surface area (Å²) in [6.45, 7) is 3.10. The van der Waals surface area contributed by atoms with Gasteiger partial charge in [0, 0.05) is 38.8 Å². The average molecular weight is 439 g/mol. The second-order valence-electron chi connectivity index (χ2n) is 7.34. The van der Waals surface area contributed by atoms with Crippen LogP contribution in [0, 0.1) is 0 Å². The van der Waals surface area contributed by atoms with Crippen LogP contribution in [0.4, 0.5) is 0 Å². The molecule has 3 rings (SSSR count). The largest absolute Gasteiger partial charge is 0.335 e. The fourth-order valence-electron chi connectivity index (χ4n) is 3.61. The Hall–Kier alpha value is -1.56. The topological polar surface area (TPSA) is 49.7 Å². The van der Waals surface area contributed by atoms with Crippen molar-refractivity contribution in [1.82, 2.24) is 4.90 Å². The summed E-state index contributed by atoms with van der Waals surface area (Å²) in [5, 5.41) is 1.02. The molecule has 0 spiro atoms. The van der Waals surface area contributed by atoms with Crippen molar-refractivity contribution in [2.75, 3.05) is 19.1 Å². The Kier molecular flexibility index (Phi) is 6.37. The Morgan fingerprint density at radius 1 is 1.18 bits per heavy atom. The van der Waals surface area contributed by atoms with Crippen molar-refractivity contribution in [1.29, 1.82) is 0 Å². The van der Waals surface area contributed by atoms with Gasteiger partial charge < -0.3 is 4.90 Å². The summed E-state index contributed by atoms with van der Waals surface area (Å²) in [5.74, 6) is 0.00776. The molecule has 4 nitrogen and oxygen atoms in total. The minimum Gasteiger partial charge on any atom is -0.335 e. The fourth-order valence-corrected chi connectivity index (χ4v) is 4.59. The number of nitrogens with zero attached hydrogens (tertiary/aromatic N) is 2. The molecule has 1 amide bonds. The maximum Gasteiger partial charge on any atom is 0.227 e. The molecule has 2 aromatic rings. The number of carbonyl (C=O) groups is 1. The zero-order valence-corrected chi connectivity index (χ0v) is 18.6. The Labute approximate surface area is 177 Å². The summed E-state index contributed by atoms with van der Waals surface area (Å²) in [6, 6.07) is 11.3. The van der Waals surface area contributed by atoms with Crippen LogP contribution in [0.3, 0.4) is 0 Å². The van der Waals surface area contributed by atoms with Gasteiger partial charge in [0.2, 0.25) is 5.91 Å². The van der Waals surface area contributed by atoms with Crippen molar-refractivity contribution in [3.63, 3.8) is 0 Å². The van der Waals surface area contributed by atoms with E-state index in [2.05, 4.69) is 10.4 Å². The van der Waals surface area contributed by atoms with E-state index in [0.29, 0.717) is 28.7 Å². The van der Waals surface area contributed by atoms with Gasteiger partial charge in [0.05, 0.1) is 19.0 Å². The van der Waals surface area contributed by atoms with Crippen molar-refractivity contribution >= 4 is 38.8 Å². The summed E-state index contributed by atoms with van der Waals surface area (Å²) >= 11 is 12.5. The Bertz CT molecular complexity index is 1000. The summed E-state index contributed by atoms with van der Waals surface area (Å²) in [4.78, 5) is 14.9. The van der Waals surface area contributed by atoms with E-state index in [1.807, 2.05) is 24.0 Å². The van der Waals surface area contributed by atoms with Gasteiger partial charge in [-0.15, -0.1) is 0 Å². The summed E-state index contributed by atoms with van der Waals surface area (Å²) in [7, 11) is -2.14. The third kappa shape index (κ3) is 4.70. The smallest absolute Gasteiger partial charge is 0.227 e. The van der Waals surface area contributed by atoms with E-state index < -0.39 is 9.73 Å². The molecule has 0 aliphatic carbocycles. The number of hydrogen-bond acceptors (Lipinski definition) is 3. The third-order valence-electron chi connectivity index (χ3n) is 5.09. The molecule has 7 heteroatoms. The molecule has 0 N–H and O–H groups in total. The van der Waals surface area contributed by atoms with Gasteiger partial charge in [-0.25, -0.2) is 4.36 Å². The molecule has 1 aliphatic heterocycles. The molecule has 1 atom stereocenters. The van der Waals surface area contributed by atoms with Crippen molar-refractivity contribution in [2.24, 2.45) is 4.36 Å². The molecule has 2 aromatic carbocycles. The number of fused-ring (bicyclic) bond motifs is 1. The molecular formula is C21H24Cl2N2O2S. The maximum absolute atomic E-state index is 13.0. The van der Waals surface area contributed by atoms with Gasteiger partial charge in [-0.2, -0.15) is 0 Å². The minimum atomic E-state index is -2.14. The zero-order valence-electron chi connectivity index (χ0n) is 16.2. The van der Waals surface area contributed by atoms with Gasteiger partial charge in [-0.1, -0.05) is 47.5 Å². The molecular weight excluding hydrogens is 415 g/mol. The van der Waals surface area contributed by atoms with E-state index in [0.717, 1.165) is 17.5 Å². The zero-order chi connectivity index (χ0) is 20.5. The van der Waals surface area contributed by atoms with Crippen molar-refractivity contribution in [2.45, 2.75) is 32.4 Å². The Balaban J connectivity index is 1.84. The molecule has 0 saturated heterocycles. The first-order chi connectivity index (χ1) is 13.2. The molecule has 150 valence electrons. The summed E-state index contributed by atoms with van der Waals surface area (Å²) in [6.07, 6.45) is 4.22. The van der Waals surface area contributed by atoms with E-state index in [9.17, 15) is 9.00 Å². The highest BCUT2D eigenvalue weighted by atomic mass is 35.5. The second-order valence-corrected chi connectivity index (χ2v) is 10.8. The van der Waals surface area contributed by atoms with Gasteiger partial charge in [0.1, 0.15) is 0 Å². The number of amides is 1. The summed E-state index contributed by atoms with van der Waals surface area (Å²) < 4.78 is 16.2. The summed E-state index contributed by atoms with van der Waals surface area (Å²) in [5.41, 5.74) is 4.09. The average Bonchev–Trinajstić information content (AvgIpc) is 2.63. The first-order valence-electron chi connectivity index (χ1n) is 9.13. The number of carbonyl (C=O) groups excluding carboxylic acids is 1. The number of benzene rings is 2. The first-order valence-corrected chi connectivity index (χ1v) is 12.2. The lowest BCUT2D eigenvalue weighted by Gasteiger charge is -2.36. The SMILES string of the molecule is C[C@H]1c2cccc(CN=S(C)(C)=O)c2CCN1C(=O)Cc1c(Cl)cccc1Cl. The predicted molar refractivity (Wildman–Crippen MR) is 117 cm³/mol. The quantitative estimate of drug-likeness (QED) is 0.680. The minimum absolute atomic E-state index is 0.00776. The van der Waals surface area contributed by atoms with Crippen LogP contribution in [0.15, 0.2) is 40.8 Å². The predicted octanol–water partition coefficient (Wildman–Crippen LogP) is 4.91. The Morgan fingerprint density at radius 3 is 2.46 bits per heavy atom. The maximum atomic E-state index is 13.0. The first kappa shape index (κ1) is 21.2. The van der Waals surface area contributed by atoms with Crippen LogP contribution in [0.1, 0.15) is 35.2 Å². The van der Waals surface area contributed by atoms with Crippen LogP contribution in [0.25, 0.3) is 0 Å². The van der Waals surface area contributed by atoms with Crippen LogP contribution in [-0.2, 0) is 33.9 Å². The number of hydrogen-bond donors (Lipinski definition) is 0. The molecule has 0 bridgehead atoms. The van der Waals surface area contributed by atoms with E-state index in [1.165, 1.54) is 5.56 Å². The van der Waals surface area contributed by atoms with Crippen LogP contribution < -0.4 is 0 Å². The van der Waals surface area contributed by atoms with Gasteiger partial charge in [-0.3, -0.25) is 9.00 Å². The van der Waals surface area contributed by atoms with Crippen LogP contribution in [0.5, 0.6) is 0 Å². The lowest BCUT2D eigenvalue weighted by Crippen LogP contribution is -2.40. The molecule has 0 unspecified atom stereocenters. The molecule has 28 heavy (non-hydrogen) atoms. The van der Waals surface area contributed by atoms with E-state index in [1.54, 1.807) is 30.7 Å². The van der Waals surface area contributed by atoms with E-state index >= 15 is 0 Å². The van der Waals surface area contributed by atoms with Crippen LogP contribution >= 0.6 is 23.2 Å². The normalized spacial score (nSPS) is 16.6. The fraction of sp³-hybridized carbons (Fsp3) is 0.381. The van der Waals surface area contributed by atoms with Gasteiger partial charge in [0.15, 0.2) is 0 Å². The third-order valence-corrected chi connectivity index (χ3v) is 6.54. The van der Waals surface area contributed by atoms with Gasteiger partial charge in [-0.05, 0) is 47.7 Å². The van der Waals surface area contributed by atoms with Gasteiger partial charge in [0.25, 0.3) is 0 Å². The van der Waals surface area contributed by atoms with E-state index in [-0.39, 0.29) is 18.4 Å². The van der Waals surface area contributed by atoms with Crippen LogP contribution in [-0.4, -0.2) is 34.1 Å². The number of halogens is 2. The molecule has 1 aliphatic rings. The lowest BCUT2D eigenvalue weighted by molar-refractivity contribution is -0.133. The highest BCUT2D eigenvalue weighted by molar-refractivity contribution is 7.92. The second kappa shape index (κ2) is 8.44. The monoisotopic (exact) mass is 438 g/mol. The van der Waals surface area contributed by atoms with E-state index in [4.69, 9.17) is 23.2 Å². The standard InChI is InChI=1S/C21H24Cl2N2O2S/c1-14-16-7-4-6-15(13-24-28(2,3)27)17(16)10-11-25(14)21(26)12-18-19(22)8-5-9-20(18)23/h4-9,14H,10-13H2,1-3H3/t14-/m0/s1. The van der Waals surface area contributed by atoms with Crippen LogP contribution in [0.2, 0.25) is 10.0 Å². The van der Waals surface area contributed by atoms with Crippen molar-refractivity contribution < 1.29 is 9.00 Å². The van der Waals surface area contributed by atoms with Crippen molar-refractivity contribution in [3.8, 4) is 0 Å².